The van der Waals surface area contributed by atoms with E-state index >= 15 is 0 Å². The first-order chi connectivity index (χ1) is 12.2. The Hall–Kier alpha value is -2.95. The molecule has 0 bridgehead atoms. The Kier molecular flexibility index (Phi) is 5.57. The smallest absolute Gasteiger partial charge is 0.225 e. The third-order valence-electron chi connectivity index (χ3n) is 4.01. The van der Waals surface area contributed by atoms with Gasteiger partial charge >= 0.3 is 0 Å². The Labute approximate surface area is 148 Å². The highest BCUT2D eigenvalue weighted by Crippen LogP contribution is 2.15. The van der Waals surface area contributed by atoms with Crippen LogP contribution in [0.4, 0.5) is 11.8 Å². The van der Waals surface area contributed by atoms with Crippen molar-refractivity contribution >= 4 is 11.8 Å². The van der Waals surface area contributed by atoms with Crippen LogP contribution >= 0.6 is 0 Å². The number of aryl methyl sites for hydroxylation is 1. The van der Waals surface area contributed by atoms with Crippen LogP contribution in [0.2, 0.25) is 0 Å². The fraction of sp³-hybridized carbons (Fsp3) is 0.250. The number of rotatable bonds is 7. The number of likely N-dealkylation sites (N-methyl/N-ethyl adjacent to an activating group) is 1. The first kappa shape index (κ1) is 16.9. The number of benzene rings is 1. The molecule has 0 spiro atoms. The SMILES string of the molecule is Cc1cc(N(C)CCc2ccncc2)nc(NCc2ccccc2)n1. The molecule has 0 aliphatic heterocycles. The second-order valence-corrected chi connectivity index (χ2v) is 6.06. The van der Waals surface area contributed by atoms with Gasteiger partial charge in [-0.1, -0.05) is 30.3 Å². The van der Waals surface area contributed by atoms with Gasteiger partial charge in [0, 0.05) is 44.3 Å². The Morgan fingerprint density at radius 1 is 0.960 bits per heavy atom. The molecule has 2 aromatic heterocycles. The molecule has 0 aliphatic carbocycles. The first-order valence-corrected chi connectivity index (χ1v) is 8.44. The summed E-state index contributed by atoms with van der Waals surface area (Å²) in [6.07, 6.45) is 4.61. The standard InChI is InChI=1S/C20H23N5/c1-16-14-19(25(2)13-10-17-8-11-21-12-9-17)24-20(23-16)22-15-18-6-4-3-5-7-18/h3-9,11-12,14H,10,13,15H2,1-2H3,(H,22,23,24). The number of nitrogens with one attached hydrogen (secondary N) is 1. The summed E-state index contributed by atoms with van der Waals surface area (Å²) in [6, 6.07) is 16.4. The van der Waals surface area contributed by atoms with Crippen LogP contribution in [0.1, 0.15) is 16.8 Å². The summed E-state index contributed by atoms with van der Waals surface area (Å²) in [4.78, 5) is 15.4. The molecule has 0 aliphatic rings. The summed E-state index contributed by atoms with van der Waals surface area (Å²) in [6.45, 7) is 3.60. The third kappa shape index (κ3) is 5.01. The Morgan fingerprint density at radius 2 is 1.72 bits per heavy atom. The zero-order valence-electron chi connectivity index (χ0n) is 14.7. The van der Waals surface area contributed by atoms with Gasteiger partial charge in [0.25, 0.3) is 0 Å². The molecule has 3 aromatic rings. The van der Waals surface area contributed by atoms with E-state index in [1.807, 2.05) is 55.7 Å². The number of nitrogens with zero attached hydrogens (tertiary/aromatic N) is 4. The van der Waals surface area contributed by atoms with E-state index in [1.165, 1.54) is 11.1 Å². The van der Waals surface area contributed by atoms with E-state index in [0.29, 0.717) is 12.5 Å². The van der Waals surface area contributed by atoms with Gasteiger partial charge in [0.2, 0.25) is 5.95 Å². The van der Waals surface area contributed by atoms with Crippen molar-refractivity contribution in [3.05, 3.63) is 77.7 Å². The van der Waals surface area contributed by atoms with Gasteiger partial charge < -0.3 is 10.2 Å². The van der Waals surface area contributed by atoms with Crippen molar-refractivity contribution in [1.29, 1.82) is 0 Å². The van der Waals surface area contributed by atoms with E-state index < -0.39 is 0 Å². The van der Waals surface area contributed by atoms with Crippen LogP contribution in [-0.4, -0.2) is 28.5 Å². The monoisotopic (exact) mass is 333 g/mol. The maximum absolute atomic E-state index is 4.65. The van der Waals surface area contributed by atoms with E-state index in [1.54, 1.807) is 0 Å². The molecule has 0 atom stereocenters. The van der Waals surface area contributed by atoms with Crippen LogP contribution in [0.15, 0.2) is 60.9 Å². The molecule has 3 rings (SSSR count). The molecule has 0 saturated carbocycles. The molecule has 5 nitrogen and oxygen atoms in total. The summed E-state index contributed by atoms with van der Waals surface area (Å²) in [5.41, 5.74) is 3.44. The second kappa shape index (κ2) is 8.24. The molecular formula is C20H23N5. The lowest BCUT2D eigenvalue weighted by Gasteiger charge is -2.19. The number of aromatic nitrogens is 3. The molecule has 0 saturated heterocycles. The maximum atomic E-state index is 4.65. The predicted octanol–water partition coefficient (Wildman–Crippen LogP) is 3.47. The molecular weight excluding hydrogens is 310 g/mol. The average Bonchev–Trinajstić information content (AvgIpc) is 2.66. The summed E-state index contributed by atoms with van der Waals surface area (Å²) in [5, 5.41) is 3.31. The normalized spacial score (nSPS) is 10.5. The minimum Gasteiger partial charge on any atom is -0.359 e. The van der Waals surface area contributed by atoms with E-state index in [4.69, 9.17) is 0 Å². The number of pyridine rings is 1. The van der Waals surface area contributed by atoms with Gasteiger partial charge in [0.1, 0.15) is 5.82 Å². The molecule has 5 heteroatoms. The van der Waals surface area contributed by atoms with Crippen molar-refractivity contribution in [3.63, 3.8) is 0 Å². The minimum absolute atomic E-state index is 0.662. The van der Waals surface area contributed by atoms with Crippen molar-refractivity contribution in [3.8, 4) is 0 Å². The third-order valence-corrected chi connectivity index (χ3v) is 4.01. The van der Waals surface area contributed by atoms with E-state index in [9.17, 15) is 0 Å². The summed E-state index contributed by atoms with van der Waals surface area (Å²) in [7, 11) is 2.06. The van der Waals surface area contributed by atoms with Gasteiger partial charge in [-0.2, -0.15) is 4.98 Å². The van der Waals surface area contributed by atoms with Crippen molar-refractivity contribution < 1.29 is 0 Å². The lowest BCUT2D eigenvalue weighted by molar-refractivity contribution is 0.850. The molecule has 1 aromatic carbocycles. The van der Waals surface area contributed by atoms with Crippen LogP contribution in [-0.2, 0) is 13.0 Å². The molecule has 2 heterocycles. The maximum Gasteiger partial charge on any atom is 0.225 e. The van der Waals surface area contributed by atoms with E-state index in [0.717, 1.165) is 24.5 Å². The van der Waals surface area contributed by atoms with Gasteiger partial charge in [-0.05, 0) is 36.6 Å². The number of hydrogen-bond acceptors (Lipinski definition) is 5. The fourth-order valence-corrected chi connectivity index (χ4v) is 2.56. The highest BCUT2D eigenvalue weighted by atomic mass is 15.2. The van der Waals surface area contributed by atoms with Crippen molar-refractivity contribution in [1.82, 2.24) is 15.0 Å². The summed E-state index contributed by atoms with van der Waals surface area (Å²) >= 11 is 0. The largest absolute Gasteiger partial charge is 0.359 e. The molecule has 1 N–H and O–H groups in total. The van der Waals surface area contributed by atoms with E-state index in [2.05, 4.69) is 44.3 Å². The second-order valence-electron chi connectivity index (χ2n) is 6.06. The molecule has 0 fully saturated rings. The van der Waals surface area contributed by atoms with Gasteiger partial charge in [0.15, 0.2) is 0 Å². The van der Waals surface area contributed by atoms with Gasteiger partial charge in [0.05, 0.1) is 0 Å². The van der Waals surface area contributed by atoms with Crippen LogP contribution in [0, 0.1) is 6.92 Å². The van der Waals surface area contributed by atoms with Crippen LogP contribution in [0.5, 0.6) is 0 Å². The van der Waals surface area contributed by atoms with Crippen molar-refractivity contribution in [2.24, 2.45) is 0 Å². The van der Waals surface area contributed by atoms with Crippen molar-refractivity contribution in [2.45, 2.75) is 19.9 Å². The van der Waals surface area contributed by atoms with Gasteiger partial charge in [-0.25, -0.2) is 4.98 Å². The summed E-state index contributed by atoms with van der Waals surface area (Å²) in [5.74, 6) is 1.59. The Balaban J connectivity index is 1.64. The highest BCUT2D eigenvalue weighted by molar-refractivity contribution is 5.44. The Bertz CT molecular complexity index is 790. The average molecular weight is 333 g/mol. The van der Waals surface area contributed by atoms with Gasteiger partial charge in [-0.3, -0.25) is 4.98 Å². The summed E-state index contributed by atoms with van der Waals surface area (Å²) < 4.78 is 0. The number of hydrogen-bond donors (Lipinski definition) is 1. The quantitative estimate of drug-likeness (QED) is 0.717. The molecule has 0 radical (unpaired) electrons. The van der Waals surface area contributed by atoms with Crippen LogP contribution < -0.4 is 10.2 Å². The fourth-order valence-electron chi connectivity index (χ4n) is 2.56. The molecule has 25 heavy (non-hydrogen) atoms. The minimum atomic E-state index is 0.662. The lowest BCUT2D eigenvalue weighted by atomic mass is 10.2. The van der Waals surface area contributed by atoms with E-state index in [-0.39, 0.29) is 0 Å². The first-order valence-electron chi connectivity index (χ1n) is 8.44. The van der Waals surface area contributed by atoms with Gasteiger partial charge in [-0.15, -0.1) is 0 Å². The Morgan fingerprint density at radius 3 is 2.48 bits per heavy atom. The zero-order valence-corrected chi connectivity index (χ0v) is 14.7. The zero-order chi connectivity index (χ0) is 17.5. The molecule has 128 valence electrons. The van der Waals surface area contributed by atoms with Crippen LogP contribution in [0.3, 0.4) is 0 Å². The topological polar surface area (TPSA) is 53.9 Å². The van der Waals surface area contributed by atoms with Crippen molar-refractivity contribution in [2.75, 3.05) is 23.8 Å². The van der Waals surface area contributed by atoms with Crippen LogP contribution in [0.25, 0.3) is 0 Å². The molecule has 0 amide bonds. The number of anilines is 2. The lowest BCUT2D eigenvalue weighted by Crippen LogP contribution is -2.22. The molecule has 0 unspecified atom stereocenters. The predicted molar refractivity (Wildman–Crippen MR) is 102 cm³/mol. The highest BCUT2D eigenvalue weighted by Gasteiger charge is 2.07.